The third-order valence-corrected chi connectivity index (χ3v) is 4.84. The van der Waals surface area contributed by atoms with Gasteiger partial charge in [-0.1, -0.05) is 50.9 Å². The van der Waals surface area contributed by atoms with E-state index in [1.165, 1.54) is 0 Å². The van der Waals surface area contributed by atoms with Crippen LogP contribution in [0.4, 0.5) is 5.69 Å². The van der Waals surface area contributed by atoms with Gasteiger partial charge >= 0.3 is 0 Å². The smallest absolute Gasteiger partial charge is 0.224 e. The zero-order valence-electron chi connectivity index (χ0n) is 16.9. The highest BCUT2D eigenvalue weighted by Gasteiger charge is 2.15. The number of carbonyl (C=O) groups is 1. The Hall–Kier alpha value is -1.91. The van der Waals surface area contributed by atoms with Crippen molar-refractivity contribution in [2.45, 2.75) is 46.5 Å². The first-order valence-corrected chi connectivity index (χ1v) is 10.1. The zero-order valence-corrected chi connectivity index (χ0v) is 18.4. The van der Waals surface area contributed by atoms with Crippen molar-refractivity contribution in [1.29, 1.82) is 0 Å². The van der Waals surface area contributed by atoms with Gasteiger partial charge in [0.2, 0.25) is 5.91 Å². The maximum Gasteiger partial charge on any atom is 0.224 e. The summed E-state index contributed by atoms with van der Waals surface area (Å²) in [7, 11) is 1.64. The lowest BCUT2D eigenvalue weighted by molar-refractivity contribution is -0.116. The van der Waals surface area contributed by atoms with Crippen LogP contribution in [0.15, 0.2) is 30.3 Å². The van der Waals surface area contributed by atoms with E-state index in [-0.39, 0.29) is 11.8 Å². The van der Waals surface area contributed by atoms with Crippen molar-refractivity contribution in [3.63, 3.8) is 0 Å². The minimum Gasteiger partial charge on any atom is -0.496 e. The predicted molar refractivity (Wildman–Crippen MR) is 116 cm³/mol. The molecule has 0 aliphatic carbocycles. The largest absolute Gasteiger partial charge is 0.496 e. The van der Waals surface area contributed by atoms with Crippen LogP contribution in [0, 0.1) is 5.92 Å². The molecule has 2 aromatic carbocycles. The van der Waals surface area contributed by atoms with Crippen LogP contribution < -0.4 is 14.8 Å². The first-order valence-electron chi connectivity index (χ1n) is 9.36. The monoisotopic (exact) mass is 423 g/mol. The molecule has 0 fully saturated rings. The van der Waals surface area contributed by atoms with Crippen LogP contribution in [-0.2, 0) is 4.79 Å². The molecule has 0 unspecified atom stereocenters. The van der Waals surface area contributed by atoms with Crippen LogP contribution >= 0.6 is 23.2 Å². The molecule has 152 valence electrons. The molecule has 0 radical (unpaired) electrons. The van der Waals surface area contributed by atoms with E-state index in [0.717, 1.165) is 17.7 Å². The average Bonchev–Trinajstić information content (AvgIpc) is 2.62. The molecule has 4 nitrogen and oxygen atoms in total. The SMILES string of the molecule is COc1ccc(Oc2c(Cl)cc(NC(=O)CCC(C)C)cc2Cl)cc1C(C)C. The normalized spacial score (nSPS) is 11.0. The third kappa shape index (κ3) is 6.05. The highest BCUT2D eigenvalue weighted by molar-refractivity contribution is 6.37. The fourth-order valence-corrected chi connectivity index (χ4v) is 3.28. The summed E-state index contributed by atoms with van der Waals surface area (Å²) in [5.41, 5.74) is 1.58. The van der Waals surface area contributed by atoms with Gasteiger partial charge in [0.25, 0.3) is 0 Å². The standard InChI is InChI=1S/C22H27Cl2NO3/c1-13(2)6-9-21(26)25-15-10-18(23)22(19(24)11-15)28-16-7-8-20(27-5)17(12-16)14(3)4/h7-8,10-14H,6,9H2,1-5H3,(H,25,26). The fraction of sp³-hybridized carbons (Fsp3) is 0.409. The number of anilines is 1. The summed E-state index contributed by atoms with van der Waals surface area (Å²) < 4.78 is 11.3. The second-order valence-corrected chi connectivity index (χ2v) is 8.22. The summed E-state index contributed by atoms with van der Waals surface area (Å²) in [6, 6.07) is 8.86. The van der Waals surface area contributed by atoms with Gasteiger partial charge in [-0.3, -0.25) is 4.79 Å². The number of hydrogen-bond donors (Lipinski definition) is 1. The Labute approximate surface area is 177 Å². The van der Waals surface area contributed by atoms with Crippen molar-refractivity contribution in [2.24, 2.45) is 5.92 Å². The Morgan fingerprint density at radius 1 is 1.07 bits per heavy atom. The van der Waals surface area contributed by atoms with Gasteiger partial charge in [-0.2, -0.15) is 0 Å². The number of carbonyl (C=O) groups excluding carboxylic acids is 1. The summed E-state index contributed by atoms with van der Waals surface area (Å²) in [5.74, 6) is 2.44. The number of ether oxygens (including phenoxy) is 2. The number of benzene rings is 2. The summed E-state index contributed by atoms with van der Waals surface area (Å²) in [5, 5.41) is 3.48. The quantitative estimate of drug-likeness (QED) is 0.484. The Kier molecular flexibility index (Phi) is 8.02. The van der Waals surface area contributed by atoms with E-state index in [1.807, 2.05) is 12.1 Å². The third-order valence-electron chi connectivity index (χ3n) is 4.27. The molecule has 2 rings (SSSR count). The van der Waals surface area contributed by atoms with E-state index in [9.17, 15) is 4.79 Å². The maximum atomic E-state index is 12.0. The molecule has 0 atom stereocenters. The van der Waals surface area contributed by atoms with E-state index < -0.39 is 0 Å². The van der Waals surface area contributed by atoms with Crippen LogP contribution in [0.5, 0.6) is 17.2 Å². The van der Waals surface area contributed by atoms with Crippen molar-refractivity contribution in [2.75, 3.05) is 12.4 Å². The number of nitrogens with one attached hydrogen (secondary N) is 1. The van der Waals surface area contributed by atoms with Gasteiger partial charge in [-0.25, -0.2) is 0 Å². The van der Waals surface area contributed by atoms with Crippen molar-refractivity contribution >= 4 is 34.8 Å². The van der Waals surface area contributed by atoms with Crippen molar-refractivity contribution < 1.29 is 14.3 Å². The van der Waals surface area contributed by atoms with Crippen molar-refractivity contribution in [3.05, 3.63) is 45.9 Å². The van der Waals surface area contributed by atoms with Gasteiger partial charge in [0.15, 0.2) is 5.75 Å². The molecule has 0 saturated carbocycles. The topological polar surface area (TPSA) is 47.6 Å². The van der Waals surface area contributed by atoms with E-state index in [4.69, 9.17) is 32.7 Å². The van der Waals surface area contributed by atoms with Crippen LogP contribution in [-0.4, -0.2) is 13.0 Å². The molecule has 1 amide bonds. The number of halogens is 2. The molecule has 0 aliphatic heterocycles. The molecule has 6 heteroatoms. The lowest BCUT2D eigenvalue weighted by atomic mass is 10.0. The molecule has 28 heavy (non-hydrogen) atoms. The van der Waals surface area contributed by atoms with E-state index in [1.54, 1.807) is 25.3 Å². The van der Waals surface area contributed by atoms with Gasteiger partial charge in [0, 0.05) is 17.7 Å². The predicted octanol–water partition coefficient (Wildman–Crippen LogP) is 7.29. The van der Waals surface area contributed by atoms with Gasteiger partial charge in [0.05, 0.1) is 17.2 Å². The van der Waals surface area contributed by atoms with E-state index in [2.05, 4.69) is 33.0 Å². The minimum absolute atomic E-state index is 0.0637. The molecular formula is C22H27Cl2NO3. The van der Waals surface area contributed by atoms with Crippen molar-refractivity contribution in [1.82, 2.24) is 0 Å². The van der Waals surface area contributed by atoms with Gasteiger partial charge in [0.1, 0.15) is 11.5 Å². The van der Waals surface area contributed by atoms with Crippen LogP contribution in [0.1, 0.15) is 52.0 Å². The molecule has 2 aromatic rings. The lowest BCUT2D eigenvalue weighted by Gasteiger charge is -2.16. The summed E-state index contributed by atoms with van der Waals surface area (Å²) in [6.07, 6.45) is 1.28. The molecule has 0 bridgehead atoms. The molecule has 0 aliphatic rings. The number of methoxy groups -OCH3 is 1. The zero-order chi connectivity index (χ0) is 20.8. The lowest BCUT2D eigenvalue weighted by Crippen LogP contribution is -2.12. The number of amides is 1. The second-order valence-electron chi connectivity index (χ2n) is 7.41. The number of rotatable bonds is 8. The van der Waals surface area contributed by atoms with E-state index >= 15 is 0 Å². The first kappa shape index (κ1) is 22.4. The first-order chi connectivity index (χ1) is 13.2. The Bertz CT molecular complexity index is 812. The molecule has 0 saturated heterocycles. The fourth-order valence-electron chi connectivity index (χ4n) is 2.72. The summed E-state index contributed by atoms with van der Waals surface area (Å²) in [6.45, 7) is 8.32. The van der Waals surface area contributed by atoms with Gasteiger partial charge < -0.3 is 14.8 Å². The second kappa shape index (κ2) is 10.0. The molecule has 0 heterocycles. The molecular weight excluding hydrogens is 397 g/mol. The van der Waals surface area contributed by atoms with Crippen molar-refractivity contribution in [3.8, 4) is 17.2 Å². The summed E-state index contributed by atoms with van der Waals surface area (Å²) in [4.78, 5) is 12.0. The maximum absolute atomic E-state index is 12.0. The molecule has 0 aromatic heterocycles. The molecule has 1 N–H and O–H groups in total. The van der Waals surface area contributed by atoms with Gasteiger partial charge in [-0.15, -0.1) is 0 Å². The van der Waals surface area contributed by atoms with E-state index in [0.29, 0.717) is 39.6 Å². The number of hydrogen-bond acceptors (Lipinski definition) is 3. The highest BCUT2D eigenvalue weighted by atomic mass is 35.5. The average molecular weight is 424 g/mol. The Morgan fingerprint density at radius 3 is 2.25 bits per heavy atom. The van der Waals surface area contributed by atoms with Crippen LogP contribution in [0.2, 0.25) is 10.0 Å². The van der Waals surface area contributed by atoms with Gasteiger partial charge in [-0.05, 0) is 48.6 Å². The molecule has 0 spiro atoms. The minimum atomic E-state index is -0.0637. The Morgan fingerprint density at radius 2 is 1.71 bits per heavy atom. The van der Waals surface area contributed by atoms with Crippen LogP contribution in [0.3, 0.4) is 0 Å². The van der Waals surface area contributed by atoms with Crippen LogP contribution in [0.25, 0.3) is 0 Å². The summed E-state index contributed by atoms with van der Waals surface area (Å²) >= 11 is 12.7. The Balaban J connectivity index is 2.19. The highest BCUT2D eigenvalue weighted by Crippen LogP contribution is 2.40.